The number of rotatable bonds is 3. The molecule has 5 nitrogen and oxygen atoms in total. The lowest BCUT2D eigenvalue weighted by Crippen LogP contribution is -2.39. The maximum absolute atomic E-state index is 5.14. The third kappa shape index (κ3) is 2.90. The molecule has 1 rings (SSSR count). The van der Waals surface area contributed by atoms with E-state index in [1.807, 2.05) is 6.07 Å². The van der Waals surface area contributed by atoms with Gasteiger partial charge in [-0.05, 0) is 0 Å². The standard InChI is InChI=1S/C11H22N4O/c1-14(2,3)9-8-10(15(4,5)6)13-11(12-9)16-7/h8H,1-7H3/q+2. The van der Waals surface area contributed by atoms with Crippen molar-refractivity contribution in [1.82, 2.24) is 18.9 Å². The topological polar surface area (TPSA) is 35.0 Å². The molecule has 0 bridgehead atoms. The van der Waals surface area contributed by atoms with Gasteiger partial charge in [0, 0.05) is 0 Å². The molecule has 5 heteroatoms. The fourth-order valence-electron chi connectivity index (χ4n) is 1.18. The largest absolute Gasteiger partial charge is 0.467 e. The van der Waals surface area contributed by atoms with Crippen LogP contribution in [-0.4, -0.2) is 59.4 Å². The minimum atomic E-state index is 0.425. The molecule has 0 saturated carbocycles. The lowest BCUT2D eigenvalue weighted by atomic mass is 10.4. The Morgan fingerprint density at radius 1 is 0.875 bits per heavy atom. The Bertz CT molecular complexity index is 344. The predicted octanol–water partition coefficient (Wildman–Crippen LogP) is 0.879. The van der Waals surface area contributed by atoms with Crippen LogP contribution in [0.4, 0.5) is 11.6 Å². The monoisotopic (exact) mass is 226 g/mol. The smallest absolute Gasteiger partial charge is 0.326 e. The van der Waals surface area contributed by atoms with Crippen molar-refractivity contribution < 1.29 is 4.74 Å². The van der Waals surface area contributed by atoms with Crippen molar-refractivity contribution in [3.8, 4) is 6.01 Å². The summed E-state index contributed by atoms with van der Waals surface area (Å²) >= 11 is 0. The van der Waals surface area contributed by atoms with Crippen molar-refractivity contribution in [2.75, 3.05) is 49.4 Å². The molecule has 0 aliphatic carbocycles. The summed E-state index contributed by atoms with van der Waals surface area (Å²) in [7, 11) is 14.0. The fourth-order valence-corrected chi connectivity index (χ4v) is 1.18. The Kier molecular flexibility index (Phi) is 3.21. The Morgan fingerprint density at radius 3 is 1.50 bits per heavy atom. The summed E-state index contributed by atoms with van der Waals surface area (Å²) in [5.41, 5.74) is 0. The van der Waals surface area contributed by atoms with E-state index in [1.54, 1.807) is 7.11 Å². The van der Waals surface area contributed by atoms with Crippen molar-refractivity contribution in [2.24, 2.45) is 0 Å². The molecule has 0 aliphatic heterocycles. The number of hydrogen-bond acceptors (Lipinski definition) is 3. The van der Waals surface area contributed by atoms with E-state index in [-0.39, 0.29) is 0 Å². The summed E-state index contributed by atoms with van der Waals surface area (Å²) in [6.45, 7) is 0. The van der Waals surface area contributed by atoms with Gasteiger partial charge in [-0.2, -0.15) is 0 Å². The number of quaternary nitrogens is 2. The summed E-state index contributed by atoms with van der Waals surface area (Å²) < 4.78 is 6.43. The van der Waals surface area contributed by atoms with Gasteiger partial charge in [0.2, 0.25) is 11.6 Å². The third-order valence-electron chi connectivity index (χ3n) is 2.24. The summed E-state index contributed by atoms with van der Waals surface area (Å²) in [4.78, 5) is 8.73. The van der Waals surface area contributed by atoms with Crippen molar-refractivity contribution in [2.45, 2.75) is 0 Å². The van der Waals surface area contributed by atoms with Gasteiger partial charge in [0.05, 0.1) is 49.4 Å². The molecule has 0 radical (unpaired) electrons. The Balaban J connectivity index is 3.33. The zero-order chi connectivity index (χ0) is 12.6. The second kappa shape index (κ2) is 3.99. The molecule has 1 heterocycles. The van der Waals surface area contributed by atoms with Crippen LogP contribution in [0.1, 0.15) is 0 Å². The molecule has 1 aromatic heterocycles. The molecule has 0 aromatic carbocycles. The van der Waals surface area contributed by atoms with E-state index in [4.69, 9.17) is 4.74 Å². The highest BCUT2D eigenvalue weighted by Crippen LogP contribution is 2.24. The first-order valence-electron chi connectivity index (χ1n) is 5.21. The maximum atomic E-state index is 5.14. The van der Waals surface area contributed by atoms with Gasteiger partial charge in [0.25, 0.3) is 0 Å². The van der Waals surface area contributed by atoms with Crippen LogP contribution >= 0.6 is 0 Å². The predicted molar refractivity (Wildman–Crippen MR) is 67.7 cm³/mol. The highest BCUT2D eigenvalue weighted by molar-refractivity contribution is 5.46. The number of ether oxygens (including phenoxy) is 1. The molecule has 0 fully saturated rings. The third-order valence-corrected chi connectivity index (χ3v) is 2.24. The molecule has 0 spiro atoms. The lowest BCUT2D eigenvalue weighted by molar-refractivity contribution is 0.363. The van der Waals surface area contributed by atoms with Crippen LogP contribution in [-0.2, 0) is 0 Å². The van der Waals surface area contributed by atoms with Crippen LogP contribution in [0, 0.1) is 0 Å². The van der Waals surface area contributed by atoms with Crippen LogP contribution in [0.5, 0.6) is 6.01 Å². The van der Waals surface area contributed by atoms with Gasteiger partial charge >= 0.3 is 6.01 Å². The van der Waals surface area contributed by atoms with Crippen LogP contribution in [0.2, 0.25) is 0 Å². The summed E-state index contributed by atoms with van der Waals surface area (Å²) in [5.74, 6) is 1.88. The van der Waals surface area contributed by atoms with Crippen LogP contribution in [0.15, 0.2) is 6.07 Å². The quantitative estimate of drug-likeness (QED) is 0.718. The summed E-state index contributed by atoms with van der Waals surface area (Å²) in [6.07, 6.45) is 0. The first-order chi connectivity index (χ1) is 7.14. The average molecular weight is 226 g/mol. The van der Waals surface area contributed by atoms with Gasteiger partial charge in [0.15, 0.2) is 0 Å². The van der Waals surface area contributed by atoms with Crippen molar-refractivity contribution in [3.63, 3.8) is 0 Å². The number of methoxy groups -OCH3 is 1. The van der Waals surface area contributed by atoms with E-state index in [2.05, 4.69) is 52.3 Å². The second-order valence-corrected chi connectivity index (χ2v) is 5.60. The highest BCUT2D eigenvalue weighted by atomic mass is 16.5. The van der Waals surface area contributed by atoms with Gasteiger partial charge in [-0.1, -0.05) is 0 Å². The second-order valence-electron chi connectivity index (χ2n) is 5.60. The summed E-state index contributed by atoms with van der Waals surface area (Å²) in [6, 6.07) is 2.44. The molecule has 0 atom stereocenters. The first kappa shape index (κ1) is 12.9. The zero-order valence-corrected chi connectivity index (χ0v) is 11.3. The average Bonchev–Trinajstić information content (AvgIpc) is 2.14. The van der Waals surface area contributed by atoms with Crippen molar-refractivity contribution in [3.05, 3.63) is 6.07 Å². The molecular formula is C11H22N4O+2. The lowest BCUT2D eigenvalue weighted by Gasteiger charge is -2.26. The Hall–Kier alpha value is -1.20. The van der Waals surface area contributed by atoms with E-state index < -0.39 is 0 Å². The first-order valence-corrected chi connectivity index (χ1v) is 5.21. The van der Waals surface area contributed by atoms with E-state index in [1.165, 1.54) is 0 Å². The molecule has 0 amide bonds. The zero-order valence-electron chi connectivity index (χ0n) is 11.3. The molecule has 16 heavy (non-hydrogen) atoms. The normalized spacial score (nSPS) is 12.7. The van der Waals surface area contributed by atoms with Crippen LogP contribution < -0.4 is 13.7 Å². The van der Waals surface area contributed by atoms with Gasteiger partial charge in [0.1, 0.15) is 6.07 Å². The molecule has 1 aromatic rings. The van der Waals surface area contributed by atoms with E-state index in [0.29, 0.717) is 15.0 Å². The van der Waals surface area contributed by atoms with E-state index >= 15 is 0 Å². The molecule has 0 unspecified atom stereocenters. The summed E-state index contributed by atoms with van der Waals surface area (Å²) in [5, 5.41) is 0. The number of hydrogen-bond donors (Lipinski definition) is 0. The number of nitrogens with zero attached hydrogens (tertiary/aromatic N) is 4. The van der Waals surface area contributed by atoms with Crippen LogP contribution in [0.3, 0.4) is 0 Å². The van der Waals surface area contributed by atoms with Crippen molar-refractivity contribution >= 4 is 11.6 Å². The van der Waals surface area contributed by atoms with Gasteiger partial charge in [-0.25, -0.2) is 0 Å². The molecule has 90 valence electrons. The van der Waals surface area contributed by atoms with Crippen molar-refractivity contribution in [1.29, 1.82) is 0 Å². The fraction of sp³-hybridized carbons (Fsp3) is 0.636. The van der Waals surface area contributed by atoms with Gasteiger partial charge < -0.3 is 4.74 Å². The SMILES string of the molecule is COc1nc([N+](C)(C)C)cc([N+](C)(C)C)n1. The van der Waals surface area contributed by atoms with E-state index in [9.17, 15) is 0 Å². The van der Waals surface area contributed by atoms with E-state index in [0.717, 1.165) is 11.6 Å². The number of aromatic nitrogens is 2. The van der Waals surface area contributed by atoms with Gasteiger partial charge in [-0.3, -0.25) is 8.97 Å². The molecule has 0 saturated heterocycles. The minimum Gasteiger partial charge on any atom is -0.467 e. The maximum Gasteiger partial charge on any atom is 0.326 e. The minimum absolute atomic E-state index is 0.425. The van der Waals surface area contributed by atoms with Crippen LogP contribution in [0.25, 0.3) is 0 Å². The Labute approximate surface area is 97.5 Å². The van der Waals surface area contributed by atoms with Gasteiger partial charge in [-0.15, -0.1) is 9.97 Å². The highest BCUT2D eigenvalue weighted by Gasteiger charge is 2.24. The molecule has 0 N–H and O–H groups in total. The Morgan fingerprint density at radius 2 is 1.25 bits per heavy atom. The molecule has 0 aliphatic rings. The molecular weight excluding hydrogens is 204 g/mol.